The van der Waals surface area contributed by atoms with E-state index in [-0.39, 0.29) is 0 Å². The average molecular weight is 329 g/mol. The maximum absolute atomic E-state index is 10.6. The lowest BCUT2D eigenvalue weighted by Gasteiger charge is -2.33. The van der Waals surface area contributed by atoms with Crippen molar-refractivity contribution in [2.24, 2.45) is 4.99 Å². The number of β-amino-alcohol motifs (C(OH)–C–C–N with tert-alkyl or cyclic N) is 1. The van der Waals surface area contributed by atoms with E-state index in [2.05, 4.69) is 39.4 Å². The minimum absolute atomic E-state index is 0.378. The lowest BCUT2D eigenvalue weighted by Crippen LogP contribution is -2.48. The van der Waals surface area contributed by atoms with Crippen LogP contribution in [0.25, 0.3) is 0 Å². The summed E-state index contributed by atoms with van der Waals surface area (Å²) in [5.41, 5.74) is -0.833. The topological polar surface area (TPSA) is 72.4 Å². The Morgan fingerprint density at radius 3 is 2.61 bits per heavy atom. The van der Waals surface area contributed by atoms with Gasteiger partial charge < -0.3 is 25.4 Å². The van der Waals surface area contributed by atoms with E-state index in [9.17, 15) is 5.11 Å². The molecule has 0 saturated carbocycles. The van der Waals surface area contributed by atoms with E-state index in [0.717, 1.165) is 58.4 Å². The summed E-state index contributed by atoms with van der Waals surface area (Å²) in [6.45, 7) is 13.9. The Hall–Kier alpha value is -0.890. The second-order valence-electron chi connectivity index (χ2n) is 6.40. The Labute approximate surface area is 141 Å². The van der Waals surface area contributed by atoms with Gasteiger partial charge in [-0.15, -0.1) is 0 Å². The summed E-state index contributed by atoms with van der Waals surface area (Å²) in [6, 6.07) is 0. The van der Waals surface area contributed by atoms with Crippen molar-refractivity contribution >= 4 is 5.96 Å². The Morgan fingerprint density at radius 2 is 2.00 bits per heavy atom. The van der Waals surface area contributed by atoms with Crippen molar-refractivity contribution in [3.05, 3.63) is 0 Å². The lowest BCUT2D eigenvalue weighted by molar-refractivity contribution is -0.0179. The lowest BCUT2D eigenvalue weighted by atomic mass is 10.1. The molecule has 136 valence electrons. The van der Waals surface area contributed by atoms with Crippen molar-refractivity contribution in [1.82, 2.24) is 20.4 Å². The van der Waals surface area contributed by atoms with Gasteiger partial charge in [-0.2, -0.15) is 0 Å². The molecule has 1 saturated heterocycles. The van der Waals surface area contributed by atoms with Gasteiger partial charge in [0.25, 0.3) is 0 Å². The summed E-state index contributed by atoms with van der Waals surface area (Å²) in [5.74, 6) is 0.763. The van der Waals surface area contributed by atoms with Crippen molar-refractivity contribution in [3.8, 4) is 0 Å². The highest BCUT2D eigenvalue weighted by atomic mass is 16.5. The zero-order valence-electron chi connectivity index (χ0n) is 15.3. The summed E-state index contributed by atoms with van der Waals surface area (Å²) < 4.78 is 5.34. The van der Waals surface area contributed by atoms with Crippen LogP contribution < -0.4 is 10.6 Å². The van der Waals surface area contributed by atoms with Crippen LogP contribution in [-0.4, -0.2) is 99.1 Å². The number of aliphatic imine (C=N–C) groups is 1. The van der Waals surface area contributed by atoms with Gasteiger partial charge in [0.2, 0.25) is 0 Å². The summed E-state index contributed by atoms with van der Waals surface area (Å²) in [5, 5.41) is 17.1. The van der Waals surface area contributed by atoms with E-state index in [1.807, 2.05) is 13.8 Å². The standard InChI is InChI=1S/C16H35N5O2/c1-5-17-15(18-7-8-20(4)6-2)19-13-16(3,22)14-21-9-11-23-12-10-21/h22H,5-14H2,1-4H3,(H2,17,18,19). The Balaban J connectivity index is 2.43. The molecule has 0 aromatic carbocycles. The van der Waals surface area contributed by atoms with Gasteiger partial charge in [-0.05, 0) is 27.4 Å². The highest BCUT2D eigenvalue weighted by Crippen LogP contribution is 2.09. The third kappa shape index (κ3) is 9.10. The molecule has 1 fully saturated rings. The SMILES string of the molecule is CCNC(=NCC(C)(O)CN1CCOCC1)NCCN(C)CC. The molecule has 0 aromatic rings. The third-order valence-corrected chi connectivity index (χ3v) is 3.92. The van der Waals surface area contributed by atoms with Gasteiger partial charge in [-0.3, -0.25) is 9.89 Å². The number of aliphatic hydroxyl groups is 1. The number of hydrogen-bond donors (Lipinski definition) is 3. The van der Waals surface area contributed by atoms with Crippen LogP contribution in [0.5, 0.6) is 0 Å². The van der Waals surface area contributed by atoms with Gasteiger partial charge in [0, 0.05) is 39.3 Å². The van der Waals surface area contributed by atoms with Gasteiger partial charge in [-0.25, -0.2) is 0 Å². The number of guanidine groups is 1. The first-order chi connectivity index (χ1) is 11.0. The molecule has 7 nitrogen and oxygen atoms in total. The van der Waals surface area contributed by atoms with Crippen LogP contribution in [-0.2, 0) is 4.74 Å². The molecule has 0 bridgehead atoms. The van der Waals surface area contributed by atoms with Crippen LogP contribution in [0.4, 0.5) is 0 Å². The summed E-state index contributed by atoms with van der Waals surface area (Å²) >= 11 is 0. The molecule has 0 aliphatic carbocycles. The van der Waals surface area contributed by atoms with E-state index in [0.29, 0.717) is 13.1 Å². The van der Waals surface area contributed by atoms with Crippen LogP contribution in [0.15, 0.2) is 4.99 Å². The van der Waals surface area contributed by atoms with Crippen molar-refractivity contribution in [2.45, 2.75) is 26.4 Å². The number of nitrogens with zero attached hydrogens (tertiary/aromatic N) is 3. The van der Waals surface area contributed by atoms with Crippen LogP contribution in [0.3, 0.4) is 0 Å². The largest absolute Gasteiger partial charge is 0.387 e. The first kappa shape index (κ1) is 20.2. The number of hydrogen-bond acceptors (Lipinski definition) is 5. The van der Waals surface area contributed by atoms with Crippen molar-refractivity contribution in [2.75, 3.05) is 72.6 Å². The normalized spacial score (nSPS) is 19.7. The van der Waals surface area contributed by atoms with E-state index in [4.69, 9.17) is 4.74 Å². The molecule has 1 aliphatic heterocycles. The van der Waals surface area contributed by atoms with Crippen LogP contribution in [0.2, 0.25) is 0 Å². The number of morpholine rings is 1. The van der Waals surface area contributed by atoms with E-state index >= 15 is 0 Å². The van der Waals surface area contributed by atoms with Crippen molar-refractivity contribution < 1.29 is 9.84 Å². The minimum atomic E-state index is -0.833. The monoisotopic (exact) mass is 329 g/mol. The van der Waals surface area contributed by atoms with E-state index in [1.54, 1.807) is 0 Å². The zero-order chi connectivity index (χ0) is 17.1. The summed E-state index contributed by atoms with van der Waals surface area (Å²) in [4.78, 5) is 9.01. The molecular formula is C16H35N5O2. The van der Waals surface area contributed by atoms with Crippen molar-refractivity contribution in [1.29, 1.82) is 0 Å². The van der Waals surface area contributed by atoms with Crippen molar-refractivity contribution in [3.63, 3.8) is 0 Å². The molecule has 3 N–H and O–H groups in total. The molecule has 7 heteroatoms. The number of likely N-dealkylation sites (N-methyl/N-ethyl adjacent to an activating group) is 1. The molecule has 0 spiro atoms. The number of ether oxygens (including phenoxy) is 1. The first-order valence-electron chi connectivity index (χ1n) is 8.70. The fourth-order valence-corrected chi connectivity index (χ4v) is 2.41. The molecule has 1 atom stereocenters. The zero-order valence-corrected chi connectivity index (χ0v) is 15.3. The molecular weight excluding hydrogens is 294 g/mol. The smallest absolute Gasteiger partial charge is 0.191 e. The maximum atomic E-state index is 10.6. The minimum Gasteiger partial charge on any atom is -0.387 e. The van der Waals surface area contributed by atoms with Gasteiger partial charge in [-0.1, -0.05) is 6.92 Å². The van der Waals surface area contributed by atoms with Crippen LogP contribution >= 0.6 is 0 Å². The molecule has 23 heavy (non-hydrogen) atoms. The Kier molecular flexibility index (Phi) is 9.47. The van der Waals surface area contributed by atoms with Crippen LogP contribution in [0.1, 0.15) is 20.8 Å². The predicted octanol–water partition coefficient (Wildman–Crippen LogP) is -0.424. The summed E-state index contributed by atoms with van der Waals surface area (Å²) in [7, 11) is 2.10. The third-order valence-electron chi connectivity index (χ3n) is 3.92. The molecule has 0 amide bonds. The first-order valence-corrected chi connectivity index (χ1v) is 8.70. The van der Waals surface area contributed by atoms with Crippen LogP contribution in [0, 0.1) is 0 Å². The maximum Gasteiger partial charge on any atom is 0.191 e. The highest BCUT2D eigenvalue weighted by Gasteiger charge is 2.25. The average Bonchev–Trinajstić information content (AvgIpc) is 2.53. The molecule has 1 heterocycles. The predicted molar refractivity (Wildman–Crippen MR) is 95.0 cm³/mol. The van der Waals surface area contributed by atoms with E-state index < -0.39 is 5.60 Å². The summed E-state index contributed by atoms with van der Waals surface area (Å²) in [6.07, 6.45) is 0. The quantitative estimate of drug-likeness (QED) is 0.394. The molecule has 1 unspecified atom stereocenters. The molecule has 1 rings (SSSR count). The molecule has 1 aliphatic rings. The van der Waals surface area contributed by atoms with Gasteiger partial charge in [0.05, 0.1) is 25.4 Å². The number of rotatable bonds is 9. The molecule has 0 aromatic heterocycles. The van der Waals surface area contributed by atoms with Gasteiger partial charge in [0.15, 0.2) is 5.96 Å². The number of nitrogens with one attached hydrogen (secondary N) is 2. The Morgan fingerprint density at radius 1 is 1.30 bits per heavy atom. The highest BCUT2D eigenvalue weighted by molar-refractivity contribution is 5.79. The second-order valence-corrected chi connectivity index (χ2v) is 6.40. The Bertz CT molecular complexity index is 343. The van der Waals surface area contributed by atoms with E-state index in [1.165, 1.54) is 0 Å². The van der Waals surface area contributed by atoms with Gasteiger partial charge in [0.1, 0.15) is 0 Å². The second kappa shape index (κ2) is 10.8. The fourth-order valence-electron chi connectivity index (χ4n) is 2.41. The fraction of sp³-hybridized carbons (Fsp3) is 0.938. The molecule has 0 radical (unpaired) electrons. The van der Waals surface area contributed by atoms with Gasteiger partial charge >= 0.3 is 0 Å².